The van der Waals surface area contributed by atoms with Crippen LogP contribution in [0.15, 0.2) is 77.8 Å². The fraction of sp³-hybridized carbons (Fsp3) is 0.167. The SMILES string of the molecule is O=C1Nc2ccc(Cl)cc2C(c2ccccc2)=NC1N1CCc2ccccc2C1. The Kier molecular flexibility index (Phi) is 4.66. The number of anilines is 1. The summed E-state index contributed by atoms with van der Waals surface area (Å²) in [4.78, 5) is 20.3. The van der Waals surface area contributed by atoms with Crippen molar-refractivity contribution in [3.8, 4) is 0 Å². The minimum absolute atomic E-state index is 0.112. The Labute approximate surface area is 174 Å². The molecule has 2 aliphatic rings. The second kappa shape index (κ2) is 7.47. The molecule has 0 spiro atoms. The summed E-state index contributed by atoms with van der Waals surface area (Å²) in [6, 6.07) is 23.9. The molecule has 1 atom stereocenters. The van der Waals surface area contributed by atoms with Crippen LogP contribution in [0.3, 0.4) is 0 Å². The lowest BCUT2D eigenvalue weighted by molar-refractivity contribution is -0.121. The zero-order valence-electron chi connectivity index (χ0n) is 15.8. The summed E-state index contributed by atoms with van der Waals surface area (Å²) < 4.78 is 0. The summed E-state index contributed by atoms with van der Waals surface area (Å²) in [5, 5.41) is 3.68. The van der Waals surface area contributed by atoms with Gasteiger partial charge < -0.3 is 5.32 Å². The van der Waals surface area contributed by atoms with E-state index in [2.05, 4.69) is 28.4 Å². The fourth-order valence-electron chi connectivity index (χ4n) is 4.07. The topological polar surface area (TPSA) is 44.7 Å². The molecule has 0 fully saturated rings. The first-order chi connectivity index (χ1) is 14.2. The van der Waals surface area contributed by atoms with Crippen LogP contribution in [-0.2, 0) is 17.8 Å². The molecule has 2 heterocycles. The second-order valence-electron chi connectivity index (χ2n) is 7.39. The van der Waals surface area contributed by atoms with E-state index in [0.717, 1.165) is 35.5 Å². The molecule has 1 unspecified atom stereocenters. The van der Waals surface area contributed by atoms with E-state index in [0.29, 0.717) is 11.6 Å². The molecule has 0 bridgehead atoms. The molecule has 144 valence electrons. The first-order valence-electron chi connectivity index (χ1n) is 9.74. The number of benzene rings is 3. The van der Waals surface area contributed by atoms with Gasteiger partial charge in [0, 0.05) is 29.2 Å². The maximum Gasteiger partial charge on any atom is 0.264 e. The number of carbonyl (C=O) groups excluding carboxylic acids is 1. The zero-order valence-corrected chi connectivity index (χ0v) is 16.6. The largest absolute Gasteiger partial charge is 0.322 e. The maximum absolute atomic E-state index is 13.2. The lowest BCUT2D eigenvalue weighted by Crippen LogP contribution is -2.45. The molecule has 0 radical (unpaired) electrons. The van der Waals surface area contributed by atoms with Crippen molar-refractivity contribution in [3.05, 3.63) is 100 Å². The van der Waals surface area contributed by atoms with Crippen molar-refractivity contribution in [2.45, 2.75) is 19.1 Å². The first-order valence-corrected chi connectivity index (χ1v) is 10.1. The molecule has 4 nitrogen and oxygen atoms in total. The third-order valence-electron chi connectivity index (χ3n) is 5.53. The van der Waals surface area contributed by atoms with Crippen molar-refractivity contribution in [2.24, 2.45) is 4.99 Å². The number of carbonyl (C=O) groups is 1. The standard InChI is InChI=1S/C24H20ClN3O/c25-19-10-11-21-20(14-19)22(17-7-2-1-3-8-17)27-23(24(29)26-21)28-13-12-16-6-4-5-9-18(16)15-28/h1-11,14,23H,12-13,15H2,(H,26,29). The van der Waals surface area contributed by atoms with Crippen molar-refractivity contribution in [3.63, 3.8) is 0 Å². The van der Waals surface area contributed by atoms with Gasteiger partial charge >= 0.3 is 0 Å². The molecule has 0 saturated heterocycles. The van der Waals surface area contributed by atoms with Crippen LogP contribution in [0.25, 0.3) is 0 Å². The number of aliphatic imine (C=N–C) groups is 1. The lowest BCUT2D eigenvalue weighted by Gasteiger charge is -2.32. The average Bonchev–Trinajstić information content (AvgIpc) is 2.90. The van der Waals surface area contributed by atoms with Crippen molar-refractivity contribution < 1.29 is 4.79 Å². The smallest absolute Gasteiger partial charge is 0.264 e. The molecule has 5 rings (SSSR count). The van der Waals surface area contributed by atoms with Gasteiger partial charge in [0.1, 0.15) is 0 Å². The molecule has 3 aromatic carbocycles. The highest BCUT2D eigenvalue weighted by molar-refractivity contribution is 6.32. The number of benzodiazepines with no additional fused rings is 1. The highest BCUT2D eigenvalue weighted by Gasteiger charge is 2.32. The summed E-state index contributed by atoms with van der Waals surface area (Å²) >= 11 is 6.28. The molecule has 1 amide bonds. The molecule has 0 aliphatic carbocycles. The van der Waals surface area contributed by atoms with Gasteiger partial charge in [-0.2, -0.15) is 0 Å². The number of hydrogen-bond acceptors (Lipinski definition) is 3. The van der Waals surface area contributed by atoms with Crippen LogP contribution < -0.4 is 5.32 Å². The minimum atomic E-state index is -0.593. The van der Waals surface area contributed by atoms with E-state index in [1.54, 1.807) is 6.07 Å². The summed E-state index contributed by atoms with van der Waals surface area (Å²) in [7, 11) is 0. The molecular formula is C24H20ClN3O. The Hall–Kier alpha value is -2.95. The molecule has 29 heavy (non-hydrogen) atoms. The van der Waals surface area contributed by atoms with Crippen molar-refractivity contribution in [1.82, 2.24) is 4.90 Å². The van der Waals surface area contributed by atoms with Gasteiger partial charge in [-0.25, -0.2) is 0 Å². The van der Waals surface area contributed by atoms with Crippen LogP contribution in [0.4, 0.5) is 5.69 Å². The number of halogens is 1. The van der Waals surface area contributed by atoms with Gasteiger partial charge in [-0.1, -0.05) is 66.2 Å². The Morgan fingerprint density at radius 2 is 1.72 bits per heavy atom. The van der Waals surface area contributed by atoms with Gasteiger partial charge in [0.25, 0.3) is 5.91 Å². The van der Waals surface area contributed by atoms with E-state index in [-0.39, 0.29) is 5.91 Å². The Bertz CT molecular complexity index is 1110. The summed E-state index contributed by atoms with van der Waals surface area (Å²) in [6.45, 7) is 1.49. The molecule has 1 N–H and O–H groups in total. The fourth-order valence-corrected chi connectivity index (χ4v) is 4.24. The number of rotatable bonds is 2. The van der Waals surface area contributed by atoms with Crippen molar-refractivity contribution in [1.29, 1.82) is 0 Å². The Morgan fingerprint density at radius 1 is 0.966 bits per heavy atom. The highest BCUT2D eigenvalue weighted by Crippen LogP contribution is 2.29. The van der Waals surface area contributed by atoms with E-state index in [1.807, 2.05) is 48.5 Å². The van der Waals surface area contributed by atoms with Gasteiger partial charge in [-0.05, 0) is 35.7 Å². The van der Waals surface area contributed by atoms with Crippen molar-refractivity contribution in [2.75, 3.05) is 11.9 Å². The molecule has 0 saturated carbocycles. The van der Waals surface area contributed by atoms with E-state index in [9.17, 15) is 4.79 Å². The third-order valence-corrected chi connectivity index (χ3v) is 5.77. The minimum Gasteiger partial charge on any atom is -0.322 e. The normalized spacial score (nSPS) is 18.9. The van der Waals surface area contributed by atoms with Crippen molar-refractivity contribution >= 4 is 28.9 Å². The highest BCUT2D eigenvalue weighted by atomic mass is 35.5. The van der Waals surface area contributed by atoms with Crippen LogP contribution in [0, 0.1) is 0 Å². The number of fused-ring (bicyclic) bond motifs is 2. The van der Waals surface area contributed by atoms with E-state index in [4.69, 9.17) is 16.6 Å². The summed E-state index contributed by atoms with van der Waals surface area (Å²) in [5.41, 5.74) is 5.94. The molecule has 0 aromatic heterocycles. The zero-order chi connectivity index (χ0) is 19.8. The molecular weight excluding hydrogens is 382 g/mol. The van der Waals surface area contributed by atoms with E-state index in [1.165, 1.54) is 11.1 Å². The number of hydrogen-bond donors (Lipinski definition) is 1. The lowest BCUT2D eigenvalue weighted by atomic mass is 9.99. The van der Waals surface area contributed by atoms with Gasteiger partial charge in [0.15, 0.2) is 6.17 Å². The predicted molar refractivity (Wildman–Crippen MR) is 117 cm³/mol. The van der Waals surface area contributed by atoms with Gasteiger partial charge in [-0.15, -0.1) is 0 Å². The second-order valence-corrected chi connectivity index (χ2v) is 7.82. The Balaban J connectivity index is 1.60. The van der Waals surface area contributed by atoms with Crippen LogP contribution in [0.1, 0.15) is 22.3 Å². The molecule has 2 aliphatic heterocycles. The van der Waals surface area contributed by atoms with Crippen LogP contribution in [0.5, 0.6) is 0 Å². The monoisotopic (exact) mass is 401 g/mol. The quantitative estimate of drug-likeness (QED) is 0.686. The van der Waals surface area contributed by atoms with Crippen LogP contribution >= 0.6 is 11.6 Å². The maximum atomic E-state index is 13.2. The third kappa shape index (κ3) is 3.46. The summed E-state index contributed by atoms with van der Waals surface area (Å²) in [5.74, 6) is -0.112. The van der Waals surface area contributed by atoms with E-state index < -0.39 is 6.17 Å². The molecule has 3 aromatic rings. The summed E-state index contributed by atoms with van der Waals surface area (Å²) in [6.07, 6.45) is 0.319. The van der Waals surface area contributed by atoms with E-state index >= 15 is 0 Å². The first kappa shape index (κ1) is 18.1. The van der Waals surface area contributed by atoms with Crippen LogP contribution in [-0.4, -0.2) is 29.2 Å². The average molecular weight is 402 g/mol. The number of amides is 1. The van der Waals surface area contributed by atoms with Crippen LogP contribution in [0.2, 0.25) is 5.02 Å². The predicted octanol–water partition coefficient (Wildman–Crippen LogP) is 4.51. The van der Waals surface area contributed by atoms with Gasteiger partial charge in [-0.3, -0.25) is 14.7 Å². The van der Waals surface area contributed by atoms with Gasteiger partial charge in [0.05, 0.1) is 11.4 Å². The number of nitrogens with one attached hydrogen (secondary N) is 1. The molecule has 5 heteroatoms. The van der Waals surface area contributed by atoms with Gasteiger partial charge in [0.2, 0.25) is 0 Å². The number of nitrogens with zero attached hydrogens (tertiary/aromatic N) is 2. The Morgan fingerprint density at radius 3 is 2.55 bits per heavy atom.